The summed E-state index contributed by atoms with van der Waals surface area (Å²) < 4.78 is 0. The molecule has 1 aliphatic rings. The van der Waals surface area contributed by atoms with Crippen LogP contribution in [0.15, 0.2) is 0 Å². The van der Waals surface area contributed by atoms with E-state index in [2.05, 4.69) is 11.6 Å². The van der Waals surface area contributed by atoms with Crippen molar-refractivity contribution in [2.75, 3.05) is 6.26 Å². The topological polar surface area (TPSA) is 55.1 Å². The Kier molecular flexibility index (Phi) is 5.32. The van der Waals surface area contributed by atoms with Gasteiger partial charge in [0, 0.05) is 11.3 Å². The molecule has 0 saturated heterocycles. The van der Waals surface area contributed by atoms with Crippen LogP contribution >= 0.6 is 11.8 Å². The zero-order chi connectivity index (χ0) is 13.1. The highest BCUT2D eigenvalue weighted by atomic mass is 32.2. The minimum Gasteiger partial charge on any atom is -0.352 e. The van der Waals surface area contributed by atoms with Crippen molar-refractivity contribution in [3.05, 3.63) is 0 Å². The van der Waals surface area contributed by atoms with E-state index in [1.807, 2.05) is 32.5 Å². The molecule has 1 fully saturated rings. The van der Waals surface area contributed by atoms with E-state index < -0.39 is 6.04 Å². The van der Waals surface area contributed by atoms with Crippen LogP contribution in [0.1, 0.15) is 46.5 Å². The molecule has 0 aromatic heterocycles. The van der Waals surface area contributed by atoms with Crippen LogP contribution in [-0.2, 0) is 4.79 Å². The minimum atomic E-state index is -0.419. The lowest BCUT2D eigenvalue weighted by Crippen LogP contribution is -2.52. The number of nitrogens with one attached hydrogen (secondary N) is 1. The molecule has 0 heterocycles. The van der Waals surface area contributed by atoms with Crippen LogP contribution in [0.5, 0.6) is 0 Å². The molecule has 2 unspecified atom stereocenters. The van der Waals surface area contributed by atoms with E-state index in [4.69, 9.17) is 5.73 Å². The van der Waals surface area contributed by atoms with Gasteiger partial charge in [-0.1, -0.05) is 27.2 Å². The smallest absolute Gasteiger partial charge is 0.237 e. The third kappa shape index (κ3) is 4.51. The van der Waals surface area contributed by atoms with E-state index >= 15 is 0 Å². The zero-order valence-electron chi connectivity index (χ0n) is 11.5. The van der Waals surface area contributed by atoms with E-state index in [1.165, 1.54) is 12.8 Å². The van der Waals surface area contributed by atoms with Crippen molar-refractivity contribution in [2.45, 2.75) is 63.8 Å². The van der Waals surface area contributed by atoms with Crippen LogP contribution < -0.4 is 11.1 Å². The molecule has 0 bridgehead atoms. The molecular formula is C13H26N2OS. The largest absolute Gasteiger partial charge is 0.352 e. The quantitative estimate of drug-likeness (QED) is 0.815. The molecule has 4 heteroatoms. The van der Waals surface area contributed by atoms with Crippen molar-refractivity contribution >= 4 is 17.7 Å². The molecule has 0 aromatic carbocycles. The molecule has 3 atom stereocenters. The van der Waals surface area contributed by atoms with E-state index in [-0.39, 0.29) is 11.3 Å². The lowest BCUT2D eigenvalue weighted by molar-refractivity contribution is -0.125. The number of rotatable bonds is 3. The fraction of sp³-hybridized carbons (Fsp3) is 0.923. The fourth-order valence-corrected chi connectivity index (χ4v) is 3.00. The van der Waals surface area contributed by atoms with E-state index in [1.54, 1.807) is 0 Å². The Labute approximate surface area is 109 Å². The van der Waals surface area contributed by atoms with Crippen LogP contribution in [0.4, 0.5) is 0 Å². The van der Waals surface area contributed by atoms with Gasteiger partial charge in [-0.05, 0) is 30.9 Å². The van der Waals surface area contributed by atoms with Gasteiger partial charge in [0.05, 0.1) is 6.04 Å². The van der Waals surface area contributed by atoms with E-state index in [9.17, 15) is 4.79 Å². The Morgan fingerprint density at radius 1 is 1.41 bits per heavy atom. The highest BCUT2D eigenvalue weighted by Gasteiger charge is 2.30. The van der Waals surface area contributed by atoms with Crippen molar-refractivity contribution in [1.82, 2.24) is 5.32 Å². The second-order valence-electron chi connectivity index (χ2n) is 6.07. The molecule has 3 N–H and O–H groups in total. The molecule has 1 aliphatic carbocycles. The van der Waals surface area contributed by atoms with Crippen LogP contribution in [0.3, 0.4) is 0 Å². The number of hydrogen-bond donors (Lipinski definition) is 2. The summed E-state index contributed by atoms with van der Waals surface area (Å²) in [5, 5.41) is 3.81. The van der Waals surface area contributed by atoms with Gasteiger partial charge in [0.1, 0.15) is 0 Å². The van der Waals surface area contributed by atoms with Gasteiger partial charge in [0.2, 0.25) is 5.91 Å². The molecule has 1 amide bonds. The normalized spacial score (nSPS) is 27.6. The second kappa shape index (κ2) is 6.10. The molecule has 3 nitrogen and oxygen atoms in total. The zero-order valence-corrected chi connectivity index (χ0v) is 12.3. The Balaban J connectivity index is 2.46. The van der Waals surface area contributed by atoms with Crippen molar-refractivity contribution in [3.8, 4) is 0 Å². The minimum absolute atomic E-state index is 0.00394. The van der Waals surface area contributed by atoms with Crippen molar-refractivity contribution in [3.63, 3.8) is 0 Å². The molecule has 0 aromatic rings. The van der Waals surface area contributed by atoms with Gasteiger partial charge >= 0.3 is 0 Å². The first-order valence-corrected chi connectivity index (χ1v) is 7.72. The van der Waals surface area contributed by atoms with Gasteiger partial charge < -0.3 is 11.1 Å². The monoisotopic (exact) mass is 258 g/mol. The average Bonchev–Trinajstić information content (AvgIpc) is 2.27. The van der Waals surface area contributed by atoms with Gasteiger partial charge in [-0.2, -0.15) is 11.8 Å². The van der Waals surface area contributed by atoms with Crippen LogP contribution in [0.2, 0.25) is 0 Å². The summed E-state index contributed by atoms with van der Waals surface area (Å²) in [4.78, 5) is 12.0. The van der Waals surface area contributed by atoms with Gasteiger partial charge in [-0.3, -0.25) is 4.79 Å². The van der Waals surface area contributed by atoms with E-state index in [0.29, 0.717) is 11.3 Å². The summed E-state index contributed by atoms with van der Waals surface area (Å²) in [6.07, 6.45) is 6.82. The van der Waals surface area contributed by atoms with Gasteiger partial charge in [-0.15, -0.1) is 0 Å². The lowest BCUT2D eigenvalue weighted by atomic mass is 9.86. The third-order valence-electron chi connectivity index (χ3n) is 3.52. The number of carbonyl (C=O) groups excluding carboxylic acids is 1. The second-order valence-corrected chi connectivity index (χ2v) is 7.21. The number of thioether (sulfide) groups is 1. The Hall–Kier alpha value is -0.220. The summed E-state index contributed by atoms with van der Waals surface area (Å²) in [5.41, 5.74) is 5.79. The van der Waals surface area contributed by atoms with Gasteiger partial charge in [-0.25, -0.2) is 0 Å². The molecule has 1 rings (SSSR count). The molecule has 100 valence electrons. The summed E-state index contributed by atoms with van der Waals surface area (Å²) in [6, 6.07) is -0.0979. The van der Waals surface area contributed by atoms with Crippen LogP contribution in [-0.4, -0.2) is 29.5 Å². The van der Waals surface area contributed by atoms with Crippen molar-refractivity contribution in [2.24, 2.45) is 11.1 Å². The van der Waals surface area contributed by atoms with Crippen molar-refractivity contribution in [1.29, 1.82) is 0 Å². The maximum absolute atomic E-state index is 12.0. The molecule has 0 aliphatic heterocycles. The predicted octanol–water partition coefficient (Wildman–Crippen LogP) is 2.15. The Morgan fingerprint density at radius 3 is 2.59 bits per heavy atom. The maximum Gasteiger partial charge on any atom is 0.237 e. The first-order chi connectivity index (χ1) is 7.84. The number of hydrogen-bond acceptors (Lipinski definition) is 3. The lowest BCUT2D eigenvalue weighted by Gasteiger charge is -2.32. The molecule has 0 radical (unpaired) electrons. The summed E-state index contributed by atoms with van der Waals surface area (Å²) >= 11 is 1.91. The van der Waals surface area contributed by atoms with Crippen LogP contribution in [0.25, 0.3) is 0 Å². The molecule has 17 heavy (non-hydrogen) atoms. The van der Waals surface area contributed by atoms with Crippen molar-refractivity contribution < 1.29 is 4.79 Å². The average molecular weight is 258 g/mol. The standard InChI is InChI=1S/C13H26N2OS/c1-13(2,3)11(14)12(16)15-9-6-5-7-10(8-9)17-4/h9-11H,5-8,14H2,1-4H3,(H,15,16)/t9?,10?,11-/m1/s1. The molecule has 0 spiro atoms. The predicted molar refractivity (Wildman–Crippen MR) is 75.1 cm³/mol. The number of carbonyl (C=O) groups is 1. The first kappa shape index (κ1) is 14.8. The van der Waals surface area contributed by atoms with Gasteiger partial charge in [0.15, 0.2) is 0 Å². The Bertz CT molecular complexity index is 263. The summed E-state index contributed by atoms with van der Waals surface area (Å²) in [5.74, 6) is 0.00394. The summed E-state index contributed by atoms with van der Waals surface area (Å²) in [6.45, 7) is 6.01. The number of nitrogens with two attached hydrogens (primary N) is 1. The first-order valence-electron chi connectivity index (χ1n) is 6.43. The summed E-state index contributed by atoms with van der Waals surface area (Å²) in [7, 11) is 0. The van der Waals surface area contributed by atoms with E-state index in [0.717, 1.165) is 12.8 Å². The highest BCUT2D eigenvalue weighted by Crippen LogP contribution is 2.27. The number of amides is 1. The van der Waals surface area contributed by atoms with Crippen LogP contribution in [0, 0.1) is 5.41 Å². The van der Waals surface area contributed by atoms with Gasteiger partial charge in [0.25, 0.3) is 0 Å². The third-order valence-corrected chi connectivity index (χ3v) is 4.62. The fourth-order valence-electron chi connectivity index (χ4n) is 2.17. The SMILES string of the molecule is CSC1CCCC(NC(=O)[C@@H](N)C(C)(C)C)C1. The maximum atomic E-state index is 12.0. The molecular weight excluding hydrogens is 232 g/mol. The Morgan fingerprint density at radius 2 is 2.06 bits per heavy atom. The highest BCUT2D eigenvalue weighted by molar-refractivity contribution is 7.99. The molecule has 1 saturated carbocycles.